The molecular weight excluding hydrogens is 477 g/mol. The number of unbranched alkanes of at least 4 members (excludes halogenated alkanes) is 1. The van der Waals surface area contributed by atoms with Crippen LogP contribution in [-0.2, 0) is 31.4 Å². The maximum absolute atomic E-state index is 11.4. The van der Waals surface area contributed by atoms with Gasteiger partial charge in [-0.2, -0.15) is 0 Å². The van der Waals surface area contributed by atoms with Crippen molar-refractivity contribution < 1.29 is 31.4 Å². The molecule has 0 atom stereocenters. The molecule has 0 aliphatic heterocycles. The zero-order valence-corrected chi connectivity index (χ0v) is 26.2. The fraction of sp³-hybridized carbons (Fsp3) is 0.714. The van der Waals surface area contributed by atoms with Crippen molar-refractivity contribution in [3.05, 3.63) is 24.3 Å². The van der Waals surface area contributed by atoms with Gasteiger partial charge in [-0.25, -0.2) is 9.59 Å². The van der Waals surface area contributed by atoms with Gasteiger partial charge >= 0.3 is 20.7 Å². The summed E-state index contributed by atoms with van der Waals surface area (Å²) >= 11 is 0. The molecule has 7 nitrogen and oxygen atoms in total. The summed E-state index contributed by atoms with van der Waals surface area (Å²) in [6, 6.07) is 0.720. The van der Waals surface area contributed by atoms with Gasteiger partial charge in [0.25, 0.3) is 0 Å². The molecule has 0 radical (unpaired) electrons. The van der Waals surface area contributed by atoms with Crippen LogP contribution in [0, 0.1) is 0 Å². The van der Waals surface area contributed by atoms with Crippen LogP contribution in [0.25, 0.3) is 0 Å². The van der Waals surface area contributed by atoms with Crippen LogP contribution in [0.15, 0.2) is 24.3 Å². The Labute approximate surface area is 202 Å². The van der Waals surface area contributed by atoms with E-state index in [1.54, 1.807) is 13.8 Å². The first-order valence-electron chi connectivity index (χ1n) is 11.4. The molecule has 0 spiro atoms. The van der Waals surface area contributed by atoms with E-state index in [0.29, 0.717) is 30.8 Å². The second-order valence-electron chi connectivity index (χ2n) is 8.47. The summed E-state index contributed by atoms with van der Waals surface area (Å²) in [5, 5.41) is 0. The van der Waals surface area contributed by atoms with Gasteiger partial charge in [-0.3, -0.25) is 0 Å². The number of carbonyl (C=O) groups excluding carboxylic acids is 2. The van der Waals surface area contributed by atoms with E-state index in [9.17, 15) is 9.59 Å². The summed E-state index contributed by atoms with van der Waals surface area (Å²) in [5.41, 5.74) is 0.891. The molecule has 0 heterocycles. The van der Waals surface area contributed by atoms with Crippen LogP contribution in [0.4, 0.5) is 0 Å². The highest BCUT2D eigenvalue weighted by atomic mass is 28.5. The van der Waals surface area contributed by atoms with E-state index in [0.717, 1.165) is 18.9 Å². The second kappa shape index (κ2) is 18.6. The molecule has 32 heavy (non-hydrogen) atoms. The molecule has 0 saturated carbocycles. The highest BCUT2D eigenvalue weighted by Crippen LogP contribution is 2.22. The molecule has 0 rings (SSSR count). The minimum atomic E-state index is -2.61. The third-order valence-corrected chi connectivity index (χ3v) is 14.5. The quantitative estimate of drug-likeness (QED) is 0.137. The predicted molar refractivity (Wildman–Crippen MR) is 142 cm³/mol. The van der Waals surface area contributed by atoms with E-state index in [-0.39, 0.29) is 11.9 Å². The molecular formula is C21H46O7Si4. The number of hydrogen-bond acceptors (Lipinski definition) is 7. The van der Waals surface area contributed by atoms with Crippen LogP contribution >= 0.6 is 0 Å². The molecule has 0 fully saturated rings. The molecule has 0 aliphatic rings. The lowest BCUT2D eigenvalue weighted by atomic mass is 10.3. The van der Waals surface area contributed by atoms with Gasteiger partial charge in [0, 0.05) is 17.2 Å². The monoisotopic (exact) mass is 522 g/mol. The SMILES string of the molecule is C=C(C)C(=O)OCCCC.C=C(C)C(=O)OCCC[Si](O[SiH](C)C)(O[SiH](C)C)O[SiH](C)C. The first-order valence-corrected chi connectivity index (χ1v) is 21.7. The maximum Gasteiger partial charge on any atom is 0.469 e. The standard InChI is InChI=1S/C13H32O5Si4.C8H14O2/c1-12(2)13(14)15-10-9-11-22(16-19(3)4,17-20(5)6)18-21(7)8;1-4-5-6-10-8(9)7(2)3/h19-21H,1,9-11H2,2-8H3;2,4-6H2,1,3H3. The van der Waals surface area contributed by atoms with Crippen molar-refractivity contribution in [3.8, 4) is 0 Å². The normalized spacial score (nSPS) is 11.2. The summed E-state index contributed by atoms with van der Waals surface area (Å²) in [6.07, 6.45) is 2.68. The zero-order valence-electron chi connectivity index (χ0n) is 21.7. The molecule has 0 aromatic heterocycles. The first kappa shape index (κ1) is 33.3. The Morgan fingerprint density at radius 3 is 1.34 bits per heavy atom. The van der Waals surface area contributed by atoms with E-state index < -0.39 is 35.9 Å². The minimum absolute atomic E-state index is 0.284. The Kier molecular flexibility index (Phi) is 19.4. The van der Waals surface area contributed by atoms with Crippen LogP contribution in [0.2, 0.25) is 45.3 Å². The lowest BCUT2D eigenvalue weighted by Gasteiger charge is -2.35. The Balaban J connectivity index is 0. The van der Waals surface area contributed by atoms with Crippen molar-refractivity contribution in [1.29, 1.82) is 0 Å². The van der Waals surface area contributed by atoms with Gasteiger partial charge in [-0.1, -0.05) is 26.5 Å². The molecule has 0 bridgehead atoms. The van der Waals surface area contributed by atoms with Gasteiger partial charge in [-0.15, -0.1) is 0 Å². The van der Waals surface area contributed by atoms with Gasteiger partial charge in [0.15, 0.2) is 27.1 Å². The van der Waals surface area contributed by atoms with Gasteiger partial charge in [0.2, 0.25) is 0 Å². The maximum atomic E-state index is 11.4. The van der Waals surface area contributed by atoms with Gasteiger partial charge in [-0.05, 0) is 66.0 Å². The fourth-order valence-electron chi connectivity index (χ4n) is 2.35. The molecule has 11 heteroatoms. The molecule has 0 amide bonds. The average Bonchev–Trinajstić information content (AvgIpc) is 2.63. The molecule has 0 aromatic carbocycles. The second-order valence-corrected chi connectivity index (χ2v) is 19.5. The number of ether oxygens (including phenoxy) is 2. The van der Waals surface area contributed by atoms with Crippen molar-refractivity contribution in [1.82, 2.24) is 0 Å². The van der Waals surface area contributed by atoms with Crippen molar-refractivity contribution in [2.75, 3.05) is 13.2 Å². The van der Waals surface area contributed by atoms with Crippen LogP contribution in [0.1, 0.15) is 40.0 Å². The van der Waals surface area contributed by atoms with Crippen LogP contribution in [-0.4, -0.2) is 61.1 Å². The third kappa shape index (κ3) is 18.7. The fourth-order valence-corrected chi connectivity index (χ4v) is 15.1. The largest absolute Gasteiger partial charge is 0.469 e. The Morgan fingerprint density at radius 1 is 0.719 bits per heavy atom. The minimum Gasteiger partial charge on any atom is -0.462 e. The van der Waals surface area contributed by atoms with E-state index >= 15 is 0 Å². The van der Waals surface area contributed by atoms with Crippen molar-refractivity contribution in [2.24, 2.45) is 0 Å². The highest BCUT2D eigenvalue weighted by Gasteiger charge is 2.42. The number of carbonyl (C=O) groups is 2. The Morgan fingerprint density at radius 2 is 1.06 bits per heavy atom. The smallest absolute Gasteiger partial charge is 0.462 e. The first-order chi connectivity index (χ1) is 14.8. The van der Waals surface area contributed by atoms with Crippen molar-refractivity contribution in [3.63, 3.8) is 0 Å². The molecule has 0 aromatic rings. The van der Waals surface area contributed by atoms with E-state index in [4.69, 9.17) is 21.8 Å². The van der Waals surface area contributed by atoms with Crippen LogP contribution < -0.4 is 0 Å². The summed E-state index contributed by atoms with van der Waals surface area (Å²) < 4.78 is 28.7. The number of esters is 2. The Bertz CT molecular complexity index is 554. The van der Waals surface area contributed by atoms with Gasteiger partial charge < -0.3 is 21.8 Å². The molecule has 0 aliphatic carbocycles. The van der Waals surface area contributed by atoms with E-state index in [2.05, 4.69) is 59.4 Å². The van der Waals surface area contributed by atoms with Gasteiger partial charge in [0.1, 0.15) is 0 Å². The van der Waals surface area contributed by atoms with Crippen molar-refractivity contribution in [2.45, 2.75) is 85.4 Å². The number of rotatable bonds is 15. The molecule has 0 unspecified atom stereocenters. The summed E-state index contributed by atoms with van der Waals surface area (Å²) in [5.74, 6) is -0.627. The van der Waals surface area contributed by atoms with Crippen LogP contribution in [0.3, 0.4) is 0 Å². The van der Waals surface area contributed by atoms with Crippen molar-refractivity contribution >= 4 is 47.9 Å². The van der Waals surface area contributed by atoms with Gasteiger partial charge in [0.05, 0.1) is 13.2 Å². The molecule has 0 N–H and O–H groups in total. The Hall–Kier alpha value is -0.832. The summed E-state index contributed by atoms with van der Waals surface area (Å²) in [6.45, 7) is 26.1. The summed E-state index contributed by atoms with van der Waals surface area (Å²) in [4.78, 5) is 22.1. The highest BCUT2D eigenvalue weighted by molar-refractivity contribution is 6.79. The summed E-state index contributed by atoms with van der Waals surface area (Å²) in [7, 11) is -6.41. The molecule has 0 saturated heterocycles. The van der Waals surface area contributed by atoms with E-state index in [1.807, 2.05) is 0 Å². The third-order valence-electron chi connectivity index (χ3n) is 3.53. The van der Waals surface area contributed by atoms with Crippen LogP contribution in [0.5, 0.6) is 0 Å². The lowest BCUT2D eigenvalue weighted by Crippen LogP contribution is -2.53. The average molecular weight is 523 g/mol. The molecule has 188 valence electrons. The topological polar surface area (TPSA) is 80.3 Å². The predicted octanol–water partition coefficient (Wildman–Crippen LogP) is 4.34. The number of hydrogen-bond donors (Lipinski definition) is 0. The zero-order chi connectivity index (χ0) is 25.3. The lowest BCUT2D eigenvalue weighted by molar-refractivity contribution is -0.139. The van der Waals surface area contributed by atoms with E-state index in [1.165, 1.54) is 0 Å².